The molecule has 20 heavy (non-hydrogen) atoms. The number of hydrazone groups is 1. The Morgan fingerprint density at radius 3 is 2.75 bits per heavy atom. The molecule has 0 fully saturated rings. The lowest BCUT2D eigenvalue weighted by Gasteiger charge is -2.08. The predicted octanol–water partition coefficient (Wildman–Crippen LogP) is 4.00. The molecule has 4 nitrogen and oxygen atoms in total. The minimum Gasteiger partial charge on any atom is -0.503 e. The molecule has 0 aliphatic carbocycles. The van der Waals surface area contributed by atoms with Gasteiger partial charge in [0, 0.05) is 0 Å². The van der Waals surface area contributed by atoms with Gasteiger partial charge in [0.2, 0.25) is 0 Å². The van der Waals surface area contributed by atoms with Crippen LogP contribution in [0.25, 0.3) is 0 Å². The minimum atomic E-state index is 0.0972. The van der Waals surface area contributed by atoms with E-state index in [-0.39, 0.29) is 5.75 Å². The zero-order chi connectivity index (χ0) is 14.4. The fourth-order valence-corrected chi connectivity index (χ4v) is 2.09. The topological polar surface area (TPSA) is 53.8 Å². The molecule has 0 unspecified atom stereocenters. The van der Waals surface area contributed by atoms with Crippen LogP contribution in [-0.2, 0) is 0 Å². The Morgan fingerprint density at radius 2 is 2.05 bits per heavy atom. The molecule has 104 valence electrons. The molecular formula is C15H15BrN2O2. The van der Waals surface area contributed by atoms with E-state index in [9.17, 15) is 5.11 Å². The number of phenols is 1. The number of aromatic hydroxyl groups is 1. The number of rotatable bonds is 5. The van der Waals surface area contributed by atoms with Crippen LogP contribution in [0.15, 0.2) is 52.0 Å². The van der Waals surface area contributed by atoms with Gasteiger partial charge in [0.15, 0.2) is 11.5 Å². The van der Waals surface area contributed by atoms with E-state index in [0.29, 0.717) is 16.8 Å². The molecule has 0 aromatic heterocycles. The van der Waals surface area contributed by atoms with Crippen LogP contribution in [-0.4, -0.2) is 17.9 Å². The van der Waals surface area contributed by atoms with Gasteiger partial charge in [0.05, 0.1) is 23.0 Å². The van der Waals surface area contributed by atoms with Crippen molar-refractivity contribution in [2.75, 3.05) is 12.0 Å². The van der Waals surface area contributed by atoms with E-state index in [2.05, 4.69) is 26.5 Å². The number of nitrogens with zero attached hydrogens (tertiary/aromatic N) is 1. The first kappa shape index (κ1) is 14.4. The van der Waals surface area contributed by atoms with Crippen LogP contribution < -0.4 is 10.2 Å². The molecule has 0 bridgehead atoms. The summed E-state index contributed by atoms with van der Waals surface area (Å²) in [5.41, 5.74) is 4.66. The molecule has 0 saturated heterocycles. The fourth-order valence-electron chi connectivity index (χ4n) is 1.63. The lowest BCUT2D eigenvalue weighted by atomic mass is 10.2. The largest absolute Gasteiger partial charge is 0.503 e. The SMILES string of the molecule is CCOc1cc(/C=N/Nc2ccccc2)cc(Br)c1O. The van der Waals surface area contributed by atoms with Crippen molar-refractivity contribution < 1.29 is 9.84 Å². The third-order valence-electron chi connectivity index (χ3n) is 2.53. The molecule has 0 heterocycles. The van der Waals surface area contributed by atoms with Gasteiger partial charge in [-0.1, -0.05) is 18.2 Å². The van der Waals surface area contributed by atoms with Gasteiger partial charge in [-0.25, -0.2) is 0 Å². The number of nitrogens with one attached hydrogen (secondary N) is 1. The molecule has 2 aromatic rings. The second kappa shape index (κ2) is 6.96. The number of phenolic OH excluding ortho intramolecular Hbond substituents is 1. The molecule has 0 saturated carbocycles. The summed E-state index contributed by atoms with van der Waals surface area (Å²) in [4.78, 5) is 0. The smallest absolute Gasteiger partial charge is 0.172 e. The van der Waals surface area contributed by atoms with Gasteiger partial charge in [0.25, 0.3) is 0 Å². The molecule has 0 aliphatic rings. The normalized spacial score (nSPS) is 10.7. The highest BCUT2D eigenvalue weighted by Gasteiger charge is 2.08. The Morgan fingerprint density at radius 1 is 1.30 bits per heavy atom. The standard InChI is InChI=1S/C15H15BrN2O2/c1-2-20-14-9-11(8-13(16)15(14)19)10-17-18-12-6-4-3-5-7-12/h3-10,18-19H,2H2,1H3/b17-10+. The van der Waals surface area contributed by atoms with E-state index in [1.54, 1.807) is 18.3 Å². The number of ether oxygens (including phenoxy) is 1. The number of anilines is 1. The Balaban J connectivity index is 2.13. The number of halogens is 1. The third-order valence-corrected chi connectivity index (χ3v) is 3.14. The molecule has 0 atom stereocenters. The number of para-hydroxylation sites is 1. The molecule has 0 spiro atoms. The summed E-state index contributed by atoms with van der Waals surface area (Å²) in [6, 6.07) is 13.2. The monoisotopic (exact) mass is 334 g/mol. The van der Waals surface area contributed by atoms with Gasteiger partial charge in [-0.2, -0.15) is 5.10 Å². The Hall–Kier alpha value is -2.01. The van der Waals surface area contributed by atoms with E-state index < -0.39 is 0 Å². The number of hydrogen-bond acceptors (Lipinski definition) is 4. The highest BCUT2D eigenvalue weighted by atomic mass is 79.9. The molecule has 0 amide bonds. The van der Waals surface area contributed by atoms with Gasteiger partial charge in [-0.3, -0.25) is 5.43 Å². The van der Waals surface area contributed by atoms with Crippen LogP contribution in [0.3, 0.4) is 0 Å². The summed E-state index contributed by atoms with van der Waals surface area (Å²) >= 11 is 3.29. The van der Waals surface area contributed by atoms with Gasteiger partial charge in [0.1, 0.15) is 0 Å². The first-order chi connectivity index (χ1) is 9.70. The maximum absolute atomic E-state index is 9.82. The Bertz CT molecular complexity index is 600. The maximum atomic E-state index is 9.82. The van der Waals surface area contributed by atoms with Crippen LogP contribution in [0.5, 0.6) is 11.5 Å². The molecule has 2 rings (SSSR count). The maximum Gasteiger partial charge on any atom is 0.172 e. The van der Waals surface area contributed by atoms with Crippen molar-refractivity contribution in [3.05, 3.63) is 52.5 Å². The van der Waals surface area contributed by atoms with Crippen LogP contribution >= 0.6 is 15.9 Å². The lowest BCUT2D eigenvalue weighted by Crippen LogP contribution is -1.95. The van der Waals surface area contributed by atoms with Crippen LogP contribution in [0, 0.1) is 0 Å². The van der Waals surface area contributed by atoms with Gasteiger partial charge in [-0.15, -0.1) is 0 Å². The summed E-state index contributed by atoms with van der Waals surface area (Å²) in [5, 5.41) is 14.0. The quantitative estimate of drug-likeness (QED) is 0.641. The van der Waals surface area contributed by atoms with E-state index >= 15 is 0 Å². The second-order valence-corrected chi connectivity index (χ2v) is 4.87. The second-order valence-electron chi connectivity index (χ2n) is 4.02. The average Bonchev–Trinajstić information content (AvgIpc) is 2.45. The first-order valence-electron chi connectivity index (χ1n) is 6.20. The van der Waals surface area contributed by atoms with Crippen molar-refractivity contribution >= 4 is 27.8 Å². The van der Waals surface area contributed by atoms with Gasteiger partial charge < -0.3 is 9.84 Å². The molecule has 2 aromatic carbocycles. The summed E-state index contributed by atoms with van der Waals surface area (Å²) in [7, 11) is 0. The Labute approximate surface area is 126 Å². The van der Waals surface area contributed by atoms with E-state index in [1.807, 2.05) is 37.3 Å². The van der Waals surface area contributed by atoms with Crippen molar-refractivity contribution in [1.82, 2.24) is 0 Å². The van der Waals surface area contributed by atoms with Crippen molar-refractivity contribution in [2.45, 2.75) is 6.92 Å². The highest BCUT2D eigenvalue weighted by molar-refractivity contribution is 9.10. The van der Waals surface area contributed by atoms with Crippen LogP contribution in [0.1, 0.15) is 12.5 Å². The van der Waals surface area contributed by atoms with E-state index in [0.717, 1.165) is 11.3 Å². The fraction of sp³-hybridized carbons (Fsp3) is 0.133. The summed E-state index contributed by atoms with van der Waals surface area (Å²) in [5.74, 6) is 0.531. The molecule has 2 N–H and O–H groups in total. The lowest BCUT2D eigenvalue weighted by molar-refractivity contribution is 0.317. The van der Waals surface area contributed by atoms with Crippen LogP contribution in [0.4, 0.5) is 5.69 Å². The van der Waals surface area contributed by atoms with Gasteiger partial charge in [-0.05, 0) is 52.7 Å². The van der Waals surface area contributed by atoms with Crippen molar-refractivity contribution in [2.24, 2.45) is 5.10 Å². The Kier molecular flexibility index (Phi) is 5.01. The first-order valence-corrected chi connectivity index (χ1v) is 6.99. The third kappa shape index (κ3) is 3.74. The van der Waals surface area contributed by atoms with Gasteiger partial charge >= 0.3 is 0 Å². The molecule has 0 aliphatic heterocycles. The zero-order valence-corrected chi connectivity index (χ0v) is 12.6. The highest BCUT2D eigenvalue weighted by Crippen LogP contribution is 2.35. The summed E-state index contributed by atoms with van der Waals surface area (Å²) < 4.78 is 5.93. The molecule has 5 heteroatoms. The summed E-state index contributed by atoms with van der Waals surface area (Å²) in [6.45, 7) is 2.36. The molecular weight excluding hydrogens is 320 g/mol. The zero-order valence-electron chi connectivity index (χ0n) is 11.0. The average molecular weight is 335 g/mol. The van der Waals surface area contributed by atoms with Crippen molar-refractivity contribution in [3.63, 3.8) is 0 Å². The summed E-state index contributed by atoms with van der Waals surface area (Å²) in [6.07, 6.45) is 1.67. The number of hydrogen-bond donors (Lipinski definition) is 2. The number of benzene rings is 2. The van der Waals surface area contributed by atoms with E-state index in [1.165, 1.54) is 0 Å². The predicted molar refractivity (Wildman–Crippen MR) is 84.6 cm³/mol. The van der Waals surface area contributed by atoms with Crippen molar-refractivity contribution in [3.8, 4) is 11.5 Å². The molecule has 0 radical (unpaired) electrons. The van der Waals surface area contributed by atoms with Crippen LogP contribution in [0.2, 0.25) is 0 Å². The van der Waals surface area contributed by atoms with Crippen molar-refractivity contribution in [1.29, 1.82) is 0 Å². The minimum absolute atomic E-state index is 0.0972. The van der Waals surface area contributed by atoms with E-state index in [4.69, 9.17) is 4.74 Å².